The molecule has 0 atom stereocenters. The Labute approximate surface area is 107 Å². The summed E-state index contributed by atoms with van der Waals surface area (Å²) in [4.78, 5) is 8.20. The van der Waals surface area contributed by atoms with Crippen LogP contribution in [-0.4, -0.2) is 25.9 Å². The monoisotopic (exact) mass is 297 g/mol. The van der Waals surface area contributed by atoms with Crippen LogP contribution in [0.15, 0.2) is 23.2 Å². The van der Waals surface area contributed by atoms with Gasteiger partial charge >= 0.3 is 0 Å². The van der Waals surface area contributed by atoms with Crippen molar-refractivity contribution in [1.82, 2.24) is 19.7 Å². The third-order valence-electron chi connectivity index (χ3n) is 1.90. The summed E-state index contributed by atoms with van der Waals surface area (Å²) in [5.41, 5.74) is 5.74. The Bertz CT molecular complexity index is 525. The molecule has 0 amide bonds. The standard InChI is InChI=1S/C10H12BrN5O/c1-6(2)17-7-3-14-16(5-7)10-9(12)13-4-8(11)15-10/h3-6H,1-2H3,(H2,12,13). The lowest BCUT2D eigenvalue weighted by Crippen LogP contribution is -2.06. The summed E-state index contributed by atoms with van der Waals surface area (Å²) in [5.74, 6) is 1.45. The van der Waals surface area contributed by atoms with Crippen molar-refractivity contribution in [3.05, 3.63) is 23.2 Å². The molecule has 90 valence electrons. The fraction of sp³-hybridized carbons (Fsp3) is 0.300. The first kappa shape index (κ1) is 11.8. The second-order valence-corrected chi connectivity index (χ2v) is 4.50. The predicted octanol–water partition coefficient (Wildman–Crippen LogP) is 1.79. The number of halogens is 1. The average molecular weight is 298 g/mol. The lowest BCUT2D eigenvalue weighted by molar-refractivity contribution is 0.242. The zero-order chi connectivity index (χ0) is 12.4. The molecule has 0 aliphatic heterocycles. The van der Waals surface area contributed by atoms with Crippen LogP contribution in [0, 0.1) is 0 Å². The number of hydrogen-bond acceptors (Lipinski definition) is 5. The summed E-state index contributed by atoms with van der Waals surface area (Å²) < 4.78 is 7.64. The number of anilines is 1. The van der Waals surface area contributed by atoms with Crippen LogP contribution < -0.4 is 10.5 Å². The average Bonchev–Trinajstić information content (AvgIpc) is 2.69. The number of nitrogens with zero attached hydrogens (tertiary/aromatic N) is 4. The van der Waals surface area contributed by atoms with Crippen molar-refractivity contribution in [2.24, 2.45) is 0 Å². The quantitative estimate of drug-likeness (QED) is 0.934. The van der Waals surface area contributed by atoms with Crippen LogP contribution >= 0.6 is 15.9 Å². The summed E-state index contributed by atoms with van der Waals surface area (Å²) in [7, 11) is 0. The van der Waals surface area contributed by atoms with Crippen molar-refractivity contribution in [1.29, 1.82) is 0 Å². The van der Waals surface area contributed by atoms with Crippen LogP contribution in [0.3, 0.4) is 0 Å². The van der Waals surface area contributed by atoms with E-state index in [4.69, 9.17) is 10.5 Å². The molecule has 6 nitrogen and oxygen atoms in total. The SMILES string of the molecule is CC(C)Oc1cnn(-c2nc(Br)cnc2N)c1. The highest BCUT2D eigenvalue weighted by atomic mass is 79.9. The minimum absolute atomic E-state index is 0.0959. The lowest BCUT2D eigenvalue weighted by atomic mass is 10.5. The molecule has 0 radical (unpaired) electrons. The van der Waals surface area contributed by atoms with E-state index < -0.39 is 0 Å². The molecule has 0 unspecified atom stereocenters. The normalized spacial score (nSPS) is 10.8. The molecule has 0 fully saturated rings. The van der Waals surface area contributed by atoms with Gasteiger partial charge in [0.15, 0.2) is 17.4 Å². The Kier molecular flexibility index (Phi) is 3.28. The van der Waals surface area contributed by atoms with Crippen LogP contribution in [0.5, 0.6) is 5.75 Å². The maximum Gasteiger partial charge on any atom is 0.197 e. The fourth-order valence-electron chi connectivity index (χ4n) is 1.29. The molecule has 7 heteroatoms. The molecule has 0 aromatic carbocycles. The van der Waals surface area contributed by atoms with Crippen molar-refractivity contribution >= 4 is 21.7 Å². The van der Waals surface area contributed by atoms with Crippen LogP contribution in [0.1, 0.15) is 13.8 Å². The van der Waals surface area contributed by atoms with E-state index in [0.717, 1.165) is 0 Å². The van der Waals surface area contributed by atoms with Gasteiger partial charge in [-0.3, -0.25) is 0 Å². The number of nitrogens with two attached hydrogens (primary N) is 1. The second kappa shape index (κ2) is 4.70. The van der Waals surface area contributed by atoms with Gasteiger partial charge in [0, 0.05) is 0 Å². The van der Waals surface area contributed by atoms with E-state index in [0.29, 0.717) is 22.0 Å². The van der Waals surface area contributed by atoms with Crippen molar-refractivity contribution in [2.75, 3.05) is 5.73 Å². The zero-order valence-corrected chi connectivity index (χ0v) is 11.0. The highest BCUT2D eigenvalue weighted by Crippen LogP contribution is 2.18. The van der Waals surface area contributed by atoms with Gasteiger partial charge in [-0.05, 0) is 29.8 Å². The van der Waals surface area contributed by atoms with Gasteiger partial charge in [-0.15, -0.1) is 0 Å². The largest absolute Gasteiger partial charge is 0.488 e. The Morgan fingerprint density at radius 3 is 2.88 bits per heavy atom. The minimum Gasteiger partial charge on any atom is -0.488 e. The number of hydrogen-bond donors (Lipinski definition) is 1. The maximum absolute atomic E-state index is 5.74. The van der Waals surface area contributed by atoms with Crippen LogP contribution in [0.2, 0.25) is 0 Å². The smallest absolute Gasteiger partial charge is 0.197 e. The molecule has 0 saturated heterocycles. The third kappa shape index (κ3) is 2.73. The first-order chi connectivity index (χ1) is 8.06. The van der Waals surface area contributed by atoms with Crippen molar-refractivity contribution in [3.63, 3.8) is 0 Å². The van der Waals surface area contributed by atoms with E-state index in [9.17, 15) is 0 Å². The molecule has 2 aromatic heterocycles. The van der Waals surface area contributed by atoms with Gasteiger partial charge in [0.1, 0.15) is 4.60 Å². The molecular formula is C10H12BrN5O. The van der Waals surface area contributed by atoms with E-state index in [-0.39, 0.29) is 6.10 Å². The summed E-state index contributed by atoms with van der Waals surface area (Å²) in [6, 6.07) is 0. The van der Waals surface area contributed by atoms with Gasteiger partial charge in [-0.2, -0.15) is 5.10 Å². The summed E-state index contributed by atoms with van der Waals surface area (Å²) in [6.07, 6.45) is 4.96. The minimum atomic E-state index is 0.0959. The Hall–Kier alpha value is -1.63. The van der Waals surface area contributed by atoms with Crippen LogP contribution in [0.4, 0.5) is 5.82 Å². The zero-order valence-electron chi connectivity index (χ0n) is 9.46. The molecule has 0 bridgehead atoms. The number of rotatable bonds is 3. The lowest BCUT2D eigenvalue weighted by Gasteiger charge is -2.06. The maximum atomic E-state index is 5.74. The number of aromatic nitrogens is 4. The van der Waals surface area contributed by atoms with E-state index in [1.807, 2.05) is 13.8 Å². The molecule has 2 aromatic rings. The number of ether oxygens (including phenoxy) is 1. The molecular weight excluding hydrogens is 286 g/mol. The van der Waals surface area contributed by atoms with Gasteiger partial charge in [0.05, 0.1) is 24.7 Å². The molecule has 2 rings (SSSR count). The van der Waals surface area contributed by atoms with E-state index in [1.54, 1.807) is 12.4 Å². The Morgan fingerprint density at radius 1 is 1.41 bits per heavy atom. The van der Waals surface area contributed by atoms with Gasteiger partial charge < -0.3 is 10.5 Å². The van der Waals surface area contributed by atoms with Gasteiger partial charge in [-0.25, -0.2) is 14.6 Å². The fourth-order valence-corrected chi connectivity index (χ4v) is 1.56. The first-order valence-electron chi connectivity index (χ1n) is 5.06. The molecule has 17 heavy (non-hydrogen) atoms. The second-order valence-electron chi connectivity index (χ2n) is 3.69. The molecule has 2 N–H and O–H groups in total. The highest BCUT2D eigenvalue weighted by molar-refractivity contribution is 9.10. The van der Waals surface area contributed by atoms with Crippen LogP contribution in [0.25, 0.3) is 5.82 Å². The molecule has 0 spiro atoms. The molecule has 0 saturated carbocycles. The van der Waals surface area contributed by atoms with Crippen LogP contribution in [-0.2, 0) is 0 Å². The summed E-state index contributed by atoms with van der Waals surface area (Å²) >= 11 is 3.24. The van der Waals surface area contributed by atoms with Crippen molar-refractivity contribution < 1.29 is 4.74 Å². The van der Waals surface area contributed by atoms with E-state index >= 15 is 0 Å². The predicted molar refractivity (Wildman–Crippen MR) is 67.0 cm³/mol. The Balaban J connectivity index is 2.33. The van der Waals surface area contributed by atoms with Crippen molar-refractivity contribution in [2.45, 2.75) is 20.0 Å². The van der Waals surface area contributed by atoms with E-state index in [1.165, 1.54) is 10.9 Å². The van der Waals surface area contributed by atoms with Gasteiger partial charge in [0.25, 0.3) is 0 Å². The highest BCUT2D eigenvalue weighted by Gasteiger charge is 2.09. The molecule has 0 aliphatic rings. The Morgan fingerprint density at radius 2 is 2.18 bits per heavy atom. The summed E-state index contributed by atoms with van der Waals surface area (Å²) in [6.45, 7) is 3.90. The topological polar surface area (TPSA) is 78.8 Å². The third-order valence-corrected chi connectivity index (χ3v) is 2.28. The molecule has 2 heterocycles. The first-order valence-corrected chi connectivity index (χ1v) is 5.85. The van der Waals surface area contributed by atoms with Gasteiger partial charge in [0.2, 0.25) is 0 Å². The molecule has 0 aliphatic carbocycles. The van der Waals surface area contributed by atoms with Gasteiger partial charge in [-0.1, -0.05) is 0 Å². The van der Waals surface area contributed by atoms with E-state index in [2.05, 4.69) is 31.0 Å². The summed E-state index contributed by atoms with van der Waals surface area (Å²) in [5, 5.41) is 4.13. The van der Waals surface area contributed by atoms with Crippen molar-refractivity contribution in [3.8, 4) is 11.6 Å². The number of nitrogen functional groups attached to an aromatic ring is 1.